The van der Waals surface area contributed by atoms with Gasteiger partial charge in [-0.3, -0.25) is 4.98 Å². The van der Waals surface area contributed by atoms with E-state index in [9.17, 15) is 5.11 Å². The highest BCUT2D eigenvalue weighted by atomic mass is 16.5. The number of imidazole rings is 1. The molecule has 3 rings (SSSR count). The van der Waals surface area contributed by atoms with Crippen LogP contribution >= 0.6 is 0 Å². The van der Waals surface area contributed by atoms with Crippen molar-refractivity contribution in [3.63, 3.8) is 0 Å². The molecule has 0 fully saturated rings. The van der Waals surface area contributed by atoms with Crippen LogP contribution in [0.5, 0.6) is 11.5 Å². The molecule has 3 aromatic rings. The topological polar surface area (TPSA) is 69.4 Å². The smallest absolute Gasteiger partial charge is 0.158 e. The maximum Gasteiger partial charge on any atom is 0.158 e. The molecule has 2 aromatic heterocycles. The van der Waals surface area contributed by atoms with Crippen LogP contribution in [0, 0.1) is 0 Å². The fourth-order valence-electron chi connectivity index (χ4n) is 2.57. The van der Waals surface area contributed by atoms with Crippen molar-refractivity contribution in [1.82, 2.24) is 14.5 Å². The van der Waals surface area contributed by atoms with Gasteiger partial charge in [-0.15, -0.1) is 0 Å². The number of ether oxygens (including phenoxy) is 2. The van der Waals surface area contributed by atoms with Crippen molar-refractivity contribution >= 4 is 0 Å². The summed E-state index contributed by atoms with van der Waals surface area (Å²) in [4.78, 5) is 8.66. The van der Waals surface area contributed by atoms with Crippen LogP contribution < -0.4 is 9.47 Å². The van der Waals surface area contributed by atoms with Crippen molar-refractivity contribution in [2.45, 2.75) is 12.6 Å². The number of rotatable bonds is 6. The average Bonchev–Trinajstić information content (AvgIpc) is 3.09. The summed E-state index contributed by atoms with van der Waals surface area (Å²) in [7, 11) is 3.17. The number of nitrogens with zero attached hydrogens (tertiary/aromatic N) is 3. The quantitative estimate of drug-likeness (QED) is 0.754. The van der Waals surface area contributed by atoms with E-state index in [0.29, 0.717) is 29.4 Å². The summed E-state index contributed by atoms with van der Waals surface area (Å²) in [5.74, 6) is 1.99. The second-order valence-electron chi connectivity index (χ2n) is 5.24. The number of hydrogen-bond acceptors (Lipinski definition) is 5. The van der Waals surface area contributed by atoms with Crippen LogP contribution in [0.3, 0.4) is 0 Å². The molecule has 0 saturated heterocycles. The minimum Gasteiger partial charge on any atom is -0.497 e. The number of pyridine rings is 1. The lowest BCUT2D eigenvalue weighted by atomic mass is 10.1. The number of benzene rings is 1. The van der Waals surface area contributed by atoms with Crippen molar-refractivity contribution < 1.29 is 14.6 Å². The SMILES string of the molecule is COc1ccc(OC)c(C(O)Cn2ccnc2-c2ccccn2)c1. The summed E-state index contributed by atoms with van der Waals surface area (Å²) in [6, 6.07) is 11.0. The molecule has 0 radical (unpaired) electrons. The van der Waals surface area contributed by atoms with Crippen molar-refractivity contribution in [1.29, 1.82) is 0 Å². The molecule has 0 spiro atoms. The lowest BCUT2D eigenvalue weighted by molar-refractivity contribution is 0.153. The molecular formula is C18H19N3O3. The van der Waals surface area contributed by atoms with E-state index in [-0.39, 0.29) is 0 Å². The zero-order chi connectivity index (χ0) is 16.9. The van der Waals surface area contributed by atoms with Crippen LogP contribution in [-0.4, -0.2) is 33.9 Å². The fraction of sp³-hybridized carbons (Fsp3) is 0.222. The average molecular weight is 325 g/mol. The van der Waals surface area contributed by atoms with Gasteiger partial charge in [-0.2, -0.15) is 0 Å². The van der Waals surface area contributed by atoms with Gasteiger partial charge in [-0.25, -0.2) is 4.98 Å². The second kappa shape index (κ2) is 7.14. The molecule has 6 heteroatoms. The predicted molar refractivity (Wildman–Crippen MR) is 90.0 cm³/mol. The molecule has 1 aromatic carbocycles. The Hall–Kier alpha value is -2.86. The van der Waals surface area contributed by atoms with Gasteiger partial charge in [-0.1, -0.05) is 6.07 Å². The molecule has 2 heterocycles. The maximum absolute atomic E-state index is 10.7. The molecular weight excluding hydrogens is 306 g/mol. The molecule has 0 amide bonds. The highest BCUT2D eigenvalue weighted by Gasteiger charge is 2.17. The van der Waals surface area contributed by atoms with E-state index in [1.807, 2.05) is 29.0 Å². The van der Waals surface area contributed by atoms with E-state index < -0.39 is 6.10 Å². The molecule has 24 heavy (non-hydrogen) atoms. The first-order valence-electron chi connectivity index (χ1n) is 7.55. The molecule has 1 atom stereocenters. The Kier molecular flexibility index (Phi) is 4.77. The van der Waals surface area contributed by atoms with Gasteiger partial charge in [0.1, 0.15) is 23.3 Å². The summed E-state index contributed by atoms with van der Waals surface area (Å²) in [5.41, 5.74) is 1.42. The van der Waals surface area contributed by atoms with Crippen LogP contribution in [0.15, 0.2) is 55.0 Å². The second-order valence-corrected chi connectivity index (χ2v) is 5.24. The first kappa shape index (κ1) is 16.0. The first-order valence-corrected chi connectivity index (χ1v) is 7.55. The van der Waals surface area contributed by atoms with Crippen LogP contribution in [0.1, 0.15) is 11.7 Å². The standard InChI is InChI=1S/C18H19N3O3/c1-23-13-6-7-17(24-2)14(11-13)16(22)12-21-10-9-20-18(21)15-5-3-4-8-19-15/h3-11,16,22H,12H2,1-2H3. The lowest BCUT2D eigenvalue weighted by Crippen LogP contribution is -2.11. The molecule has 6 nitrogen and oxygen atoms in total. The Morgan fingerprint density at radius 3 is 2.67 bits per heavy atom. The number of aromatic nitrogens is 3. The van der Waals surface area contributed by atoms with Crippen molar-refractivity contribution in [2.24, 2.45) is 0 Å². The Balaban J connectivity index is 1.89. The normalized spacial score (nSPS) is 12.0. The van der Waals surface area contributed by atoms with E-state index in [0.717, 1.165) is 5.69 Å². The van der Waals surface area contributed by atoms with Gasteiger partial charge in [0.05, 0.1) is 20.8 Å². The number of aliphatic hydroxyl groups is 1. The third-order valence-corrected chi connectivity index (χ3v) is 3.77. The number of hydrogen-bond donors (Lipinski definition) is 1. The number of methoxy groups -OCH3 is 2. The Morgan fingerprint density at radius 1 is 1.08 bits per heavy atom. The van der Waals surface area contributed by atoms with Crippen molar-refractivity contribution in [3.8, 4) is 23.0 Å². The van der Waals surface area contributed by atoms with Crippen LogP contribution in [0.2, 0.25) is 0 Å². The Labute approximate surface area is 140 Å². The molecule has 0 aliphatic rings. The monoisotopic (exact) mass is 325 g/mol. The van der Waals surface area contributed by atoms with Gasteiger partial charge in [0.15, 0.2) is 5.82 Å². The summed E-state index contributed by atoms with van der Waals surface area (Å²) >= 11 is 0. The van der Waals surface area contributed by atoms with Crippen molar-refractivity contribution in [3.05, 3.63) is 60.6 Å². The van der Waals surface area contributed by atoms with Gasteiger partial charge < -0.3 is 19.1 Å². The number of aliphatic hydroxyl groups excluding tert-OH is 1. The summed E-state index contributed by atoms with van der Waals surface area (Å²) in [6.07, 6.45) is 4.46. The molecule has 0 aliphatic heterocycles. The maximum atomic E-state index is 10.7. The zero-order valence-electron chi connectivity index (χ0n) is 13.6. The van der Waals surface area contributed by atoms with E-state index in [1.54, 1.807) is 44.8 Å². The van der Waals surface area contributed by atoms with E-state index in [4.69, 9.17) is 9.47 Å². The van der Waals surface area contributed by atoms with E-state index in [1.165, 1.54) is 0 Å². The summed E-state index contributed by atoms with van der Waals surface area (Å²) in [6.45, 7) is 0.329. The highest BCUT2D eigenvalue weighted by Crippen LogP contribution is 2.31. The Bertz CT molecular complexity index is 802. The summed E-state index contributed by atoms with van der Waals surface area (Å²) in [5, 5.41) is 10.7. The van der Waals surface area contributed by atoms with Gasteiger partial charge in [-0.05, 0) is 30.3 Å². The fourth-order valence-corrected chi connectivity index (χ4v) is 2.57. The lowest BCUT2D eigenvalue weighted by Gasteiger charge is -2.17. The van der Waals surface area contributed by atoms with Gasteiger partial charge in [0.2, 0.25) is 0 Å². The van der Waals surface area contributed by atoms with Gasteiger partial charge >= 0.3 is 0 Å². The molecule has 1 N–H and O–H groups in total. The van der Waals surface area contributed by atoms with Crippen LogP contribution in [0.4, 0.5) is 0 Å². The minimum absolute atomic E-state index is 0.329. The predicted octanol–water partition coefficient (Wildman–Crippen LogP) is 2.70. The molecule has 0 bridgehead atoms. The van der Waals surface area contributed by atoms with E-state index >= 15 is 0 Å². The Morgan fingerprint density at radius 2 is 1.96 bits per heavy atom. The van der Waals surface area contributed by atoms with E-state index in [2.05, 4.69) is 9.97 Å². The summed E-state index contributed by atoms with van der Waals surface area (Å²) < 4.78 is 12.5. The zero-order valence-corrected chi connectivity index (χ0v) is 13.6. The third kappa shape index (κ3) is 3.23. The van der Waals surface area contributed by atoms with Crippen molar-refractivity contribution in [2.75, 3.05) is 14.2 Å². The van der Waals surface area contributed by atoms with Gasteiger partial charge in [0, 0.05) is 24.2 Å². The minimum atomic E-state index is -0.772. The van der Waals surface area contributed by atoms with Crippen LogP contribution in [0.25, 0.3) is 11.5 Å². The molecule has 0 saturated carbocycles. The molecule has 1 unspecified atom stereocenters. The largest absolute Gasteiger partial charge is 0.497 e. The molecule has 0 aliphatic carbocycles. The molecule has 124 valence electrons. The van der Waals surface area contributed by atoms with Gasteiger partial charge in [0.25, 0.3) is 0 Å². The first-order chi connectivity index (χ1) is 11.7. The highest BCUT2D eigenvalue weighted by molar-refractivity contribution is 5.49. The van der Waals surface area contributed by atoms with Crippen LogP contribution in [-0.2, 0) is 6.54 Å². The third-order valence-electron chi connectivity index (χ3n) is 3.77.